The predicted octanol–water partition coefficient (Wildman–Crippen LogP) is 1.23. The number of halogens is 1. The van der Waals surface area contributed by atoms with E-state index in [1.54, 1.807) is 0 Å². The number of likely N-dealkylation sites (N-methyl/N-ethyl adjacent to an activating group) is 1. The Hall–Kier alpha value is -1.15. The van der Waals surface area contributed by atoms with Gasteiger partial charge in [-0.05, 0) is 25.2 Å². The van der Waals surface area contributed by atoms with Crippen molar-refractivity contribution in [2.24, 2.45) is 0 Å². The van der Waals surface area contributed by atoms with Gasteiger partial charge in [-0.15, -0.1) is 0 Å². The van der Waals surface area contributed by atoms with Gasteiger partial charge < -0.3 is 14.4 Å². The molecule has 0 N–H and O–H groups in total. The third-order valence-corrected chi connectivity index (χ3v) is 4.77. The van der Waals surface area contributed by atoms with Crippen LogP contribution in [0.1, 0.15) is 10.4 Å². The third-order valence-electron chi connectivity index (χ3n) is 3.33. The molecule has 0 bridgehead atoms. The molecule has 1 fully saturated rings. The lowest BCUT2D eigenvalue weighted by atomic mass is 10.2. The van der Waals surface area contributed by atoms with E-state index in [4.69, 9.17) is 21.1 Å². The highest BCUT2D eigenvalue weighted by molar-refractivity contribution is 7.90. The number of hydrogen-bond acceptors (Lipinski definition) is 6. The van der Waals surface area contributed by atoms with Crippen molar-refractivity contribution in [2.45, 2.75) is 11.0 Å². The minimum atomic E-state index is -3.42. The Bertz CT molecular complexity index is 661. The van der Waals surface area contributed by atoms with Gasteiger partial charge in [-0.3, -0.25) is 0 Å². The van der Waals surface area contributed by atoms with Crippen LogP contribution in [-0.4, -0.2) is 65.0 Å². The maximum Gasteiger partial charge on any atom is 0.339 e. The van der Waals surface area contributed by atoms with Crippen LogP contribution in [-0.2, 0) is 19.3 Å². The van der Waals surface area contributed by atoms with Crippen molar-refractivity contribution in [3.63, 3.8) is 0 Å². The molecule has 2 rings (SSSR count). The van der Waals surface area contributed by atoms with Crippen LogP contribution in [0.15, 0.2) is 23.1 Å². The lowest BCUT2D eigenvalue weighted by molar-refractivity contribution is -0.0528. The van der Waals surface area contributed by atoms with E-state index in [9.17, 15) is 13.2 Å². The molecule has 0 radical (unpaired) electrons. The van der Waals surface area contributed by atoms with Crippen LogP contribution in [0, 0.1) is 0 Å². The first-order valence-electron chi connectivity index (χ1n) is 6.74. The van der Waals surface area contributed by atoms with Crippen molar-refractivity contribution in [3.05, 3.63) is 28.8 Å². The smallest absolute Gasteiger partial charge is 0.339 e. The number of nitrogens with zero attached hydrogens (tertiary/aromatic N) is 1. The summed E-state index contributed by atoms with van der Waals surface area (Å²) >= 11 is 5.95. The molecule has 0 aliphatic carbocycles. The standard InChI is InChI=1S/C14H18ClNO5S/c1-16-5-6-20-10(8-16)9-21-14(17)12-7-11(22(2,18)19)3-4-13(12)15/h3-4,7,10H,5-6,8-9H2,1-2H3. The van der Waals surface area contributed by atoms with E-state index in [0.717, 1.165) is 12.8 Å². The van der Waals surface area contributed by atoms with Gasteiger partial charge in [0, 0.05) is 19.3 Å². The quantitative estimate of drug-likeness (QED) is 0.763. The molecule has 1 unspecified atom stereocenters. The fourth-order valence-corrected chi connectivity index (χ4v) is 2.95. The Morgan fingerprint density at radius 2 is 2.23 bits per heavy atom. The second-order valence-electron chi connectivity index (χ2n) is 5.27. The van der Waals surface area contributed by atoms with Crippen molar-refractivity contribution in [1.29, 1.82) is 0 Å². The van der Waals surface area contributed by atoms with E-state index in [2.05, 4.69) is 4.90 Å². The zero-order valence-electron chi connectivity index (χ0n) is 12.4. The maximum atomic E-state index is 12.1. The van der Waals surface area contributed by atoms with E-state index < -0.39 is 15.8 Å². The van der Waals surface area contributed by atoms with Gasteiger partial charge >= 0.3 is 5.97 Å². The molecule has 1 aliphatic heterocycles. The Labute approximate surface area is 134 Å². The summed E-state index contributed by atoms with van der Waals surface area (Å²) in [5.41, 5.74) is 0.0359. The molecule has 1 aliphatic rings. The van der Waals surface area contributed by atoms with E-state index in [1.165, 1.54) is 18.2 Å². The summed E-state index contributed by atoms with van der Waals surface area (Å²) in [5, 5.41) is 0.152. The summed E-state index contributed by atoms with van der Waals surface area (Å²) in [4.78, 5) is 14.2. The minimum Gasteiger partial charge on any atom is -0.459 e. The monoisotopic (exact) mass is 347 g/mol. The molecule has 1 aromatic rings. The van der Waals surface area contributed by atoms with Crippen molar-refractivity contribution in [3.8, 4) is 0 Å². The number of carbonyl (C=O) groups is 1. The average molecular weight is 348 g/mol. The normalized spacial score (nSPS) is 19.9. The number of ether oxygens (including phenoxy) is 2. The Balaban J connectivity index is 2.06. The molecule has 0 amide bonds. The van der Waals surface area contributed by atoms with Gasteiger partial charge in [0.1, 0.15) is 12.7 Å². The first kappa shape index (κ1) is 17.2. The summed E-state index contributed by atoms with van der Waals surface area (Å²) in [6.45, 7) is 2.20. The highest BCUT2D eigenvalue weighted by Crippen LogP contribution is 2.21. The summed E-state index contributed by atoms with van der Waals surface area (Å²) < 4.78 is 33.8. The number of carbonyl (C=O) groups excluding carboxylic acids is 1. The van der Waals surface area contributed by atoms with Crippen LogP contribution in [0.25, 0.3) is 0 Å². The van der Waals surface area contributed by atoms with E-state index in [0.29, 0.717) is 13.2 Å². The van der Waals surface area contributed by atoms with Crippen LogP contribution >= 0.6 is 11.6 Å². The van der Waals surface area contributed by atoms with Crippen molar-refractivity contribution >= 4 is 27.4 Å². The molecule has 0 spiro atoms. The predicted molar refractivity (Wildman–Crippen MR) is 82.1 cm³/mol. The number of sulfone groups is 1. The first-order valence-corrected chi connectivity index (χ1v) is 9.01. The Morgan fingerprint density at radius 3 is 2.86 bits per heavy atom. The van der Waals surface area contributed by atoms with E-state index in [1.807, 2.05) is 7.05 Å². The van der Waals surface area contributed by atoms with Crippen LogP contribution in [0.3, 0.4) is 0 Å². The molecule has 1 saturated heterocycles. The van der Waals surface area contributed by atoms with Gasteiger partial charge in [0.15, 0.2) is 9.84 Å². The summed E-state index contributed by atoms with van der Waals surface area (Å²) in [5.74, 6) is -0.660. The van der Waals surface area contributed by atoms with Gasteiger partial charge in [-0.25, -0.2) is 13.2 Å². The molecular weight excluding hydrogens is 330 g/mol. The molecule has 22 heavy (non-hydrogen) atoms. The van der Waals surface area contributed by atoms with Gasteiger partial charge in [0.05, 0.1) is 22.1 Å². The van der Waals surface area contributed by atoms with Crippen molar-refractivity contribution in [1.82, 2.24) is 4.90 Å². The lowest BCUT2D eigenvalue weighted by Crippen LogP contribution is -2.42. The SMILES string of the molecule is CN1CCOC(COC(=O)c2cc(S(C)(=O)=O)ccc2Cl)C1. The van der Waals surface area contributed by atoms with E-state index >= 15 is 0 Å². The molecule has 1 atom stereocenters. The average Bonchev–Trinajstić information content (AvgIpc) is 2.44. The van der Waals surface area contributed by atoms with Crippen LogP contribution in [0.5, 0.6) is 0 Å². The highest BCUT2D eigenvalue weighted by Gasteiger charge is 2.21. The first-order chi connectivity index (χ1) is 10.3. The maximum absolute atomic E-state index is 12.1. The topological polar surface area (TPSA) is 72.9 Å². The molecule has 8 heteroatoms. The third kappa shape index (κ3) is 4.42. The molecule has 0 aromatic heterocycles. The molecular formula is C14H18ClNO5S. The summed E-state index contributed by atoms with van der Waals surface area (Å²) in [7, 11) is -1.45. The molecule has 122 valence electrons. The summed E-state index contributed by atoms with van der Waals surface area (Å²) in [6.07, 6.45) is 0.872. The lowest BCUT2D eigenvalue weighted by Gasteiger charge is -2.29. The highest BCUT2D eigenvalue weighted by atomic mass is 35.5. The van der Waals surface area contributed by atoms with Gasteiger partial charge in [0.2, 0.25) is 0 Å². The number of rotatable bonds is 4. The van der Waals surface area contributed by atoms with Gasteiger partial charge in [-0.2, -0.15) is 0 Å². The zero-order chi connectivity index (χ0) is 16.3. The molecule has 1 heterocycles. The second-order valence-corrected chi connectivity index (χ2v) is 7.69. The second kappa shape index (κ2) is 6.95. The molecule has 1 aromatic carbocycles. The Kier molecular flexibility index (Phi) is 5.44. The van der Waals surface area contributed by atoms with E-state index in [-0.39, 0.29) is 28.2 Å². The molecule has 6 nitrogen and oxygen atoms in total. The summed E-state index contributed by atoms with van der Waals surface area (Å²) in [6, 6.07) is 3.96. The van der Waals surface area contributed by atoms with Crippen molar-refractivity contribution in [2.75, 3.05) is 39.6 Å². The van der Waals surface area contributed by atoms with Crippen LogP contribution < -0.4 is 0 Å². The zero-order valence-corrected chi connectivity index (χ0v) is 14.0. The largest absolute Gasteiger partial charge is 0.459 e. The van der Waals surface area contributed by atoms with Gasteiger partial charge in [0.25, 0.3) is 0 Å². The number of morpholine rings is 1. The number of esters is 1. The fraction of sp³-hybridized carbons (Fsp3) is 0.500. The molecule has 0 saturated carbocycles. The Morgan fingerprint density at radius 1 is 1.50 bits per heavy atom. The minimum absolute atomic E-state index is 0.0255. The van der Waals surface area contributed by atoms with Crippen LogP contribution in [0.4, 0.5) is 0 Å². The van der Waals surface area contributed by atoms with Gasteiger partial charge in [-0.1, -0.05) is 11.6 Å². The number of hydrogen-bond donors (Lipinski definition) is 0. The van der Waals surface area contributed by atoms with Crippen LogP contribution in [0.2, 0.25) is 5.02 Å². The fourth-order valence-electron chi connectivity index (χ4n) is 2.11. The van der Waals surface area contributed by atoms with Crippen molar-refractivity contribution < 1.29 is 22.7 Å². The number of benzene rings is 1.